The fourth-order valence-electron chi connectivity index (χ4n) is 3.49. The SMILES string of the molecule is CCc1nc(CN(C)CC2(c3ccc(C)cn3)CCNCC2)no1. The van der Waals surface area contributed by atoms with E-state index in [-0.39, 0.29) is 5.41 Å². The van der Waals surface area contributed by atoms with Crippen molar-refractivity contribution in [2.24, 2.45) is 0 Å². The van der Waals surface area contributed by atoms with Crippen molar-refractivity contribution in [1.82, 2.24) is 25.3 Å². The van der Waals surface area contributed by atoms with Crippen molar-refractivity contribution in [3.05, 3.63) is 41.3 Å². The summed E-state index contributed by atoms with van der Waals surface area (Å²) in [6, 6.07) is 4.36. The van der Waals surface area contributed by atoms with Gasteiger partial charge in [-0.2, -0.15) is 4.98 Å². The highest BCUT2D eigenvalue weighted by Gasteiger charge is 2.36. The normalized spacial score (nSPS) is 17.3. The molecule has 0 bridgehead atoms. The van der Waals surface area contributed by atoms with E-state index < -0.39 is 0 Å². The van der Waals surface area contributed by atoms with E-state index in [2.05, 4.69) is 46.5 Å². The maximum atomic E-state index is 5.22. The fourth-order valence-corrected chi connectivity index (χ4v) is 3.49. The lowest BCUT2D eigenvalue weighted by Crippen LogP contribution is -2.47. The van der Waals surface area contributed by atoms with E-state index >= 15 is 0 Å². The lowest BCUT2D eigenvalue weighted by molar-refractivity contribution is 0.187. The van der Waals surface area contributed by atoms with Crippen LogP contribution in [0.15, 0.2) is 22.9 Å². The summed E-state index contributed by atoms with van der Waals surface area (Å²) in [6.07, 6.45) is 4.95. The Balaban J connectivity index is 1.75. The van der Waals surface area contributed by atoms with Gasteiger partial charge in [0.25, 0.3) is 0 Å². The Morgan fingerprint density at radius 2 is 2.08 bits per heavy atom. The molecular formula is C18H27N5O. The summed E-state index contributed by atoms with van der Waals surface area (Å²) >= 11 is 0. The highest BCUT2D eigenvalue weighted by molar-refractivity contribution is 5.22. The lowest BCUT2D eigenvalue weighted by Gasteiger charge is -2.40. The molecule has 3 rings (SSSR count). The summed E-state index contributed by atoms with van der Waals surface area (Å²) in [4.78, 5) is 11.5. The number of rotatable bonds is 6. The summed E-state index contributed by atoms with van der Waals surface area (Å²) in [5.41, 5.74) is 2.49. The van der Waals surface area contributed by atoms with Crippen molar-refractivity contribution in [1.29, 1.82) is 0 Å². The Bertz CT molecular complexity index is 646. The van der Waals surface area contributed by atoms with E-state index in [0.717, 1.165) is 44.7 Å². The maximum Gasteiger partial charge on any atom is 0.226 e. The van der Waals surface area contributed by atoms with Crippen LogP contribution in [0.1, 0.15) is 42.7 Å². The van der Waals surface area contributed by atoms with Crippen molar-refractivity contribution in [2.45, 2.75) is 45.1 Å². The second kappa shape index (κ2) is 7.40. The van der Waals surface area contributed by atoms with E-state index in [9.17, 15) is 0 Å². The smallest absolute Gasteiger partial charge is 0.226 e. The predicted molar refractivity (Wildman–Crippen MR) is 92.8 cm³/mol. The molecule has 0 aromatic carbocycles. The van der Waals surface area contributed by atoms with Gasteiger partial charge in [0.05, 0.1) is 6.54 Å². The number of likely N-dealkylation sites (N-methyl/N-ethyl adjacent to an activating group) is 1. The molecule has 0 saturated carbocycles. The molecule has 0 spiro atoms. The first-order valence-electron chi connectivity index (χ1n) is 8.75. The minimum absolute atomic E-state index is 0.0883. The van der Waals surface area contributed by atoms with Crippen molar-refractivity contribution in [3.63, 3.8) is 0 Å². The molecule has 2 aromatic rings. The third-order valence-corrected chi connectivity index (χ3v) is 4.81. The number of nitrogens with zero attached hydrogens (tertiary/aromatic N) is 4. The monoisotopic (exact) mass is 329 g/mol. The molecule has 130 valence electrons. The van der Waals surface area contributed by atoms with Gasteiger partial charge in [-0.05, 0) is 51.5 Å². The van der Waals surface area contributed by atoms with Gasteiger partial charge in [-0.3, -0.25) is 9.88 Å². The van der Waals surface area contributed by atoms with Crippen molar-refractivity contribution in [3.8, 4) is 0 Å². The van der Waals surface area contributed by atoms with Gasteiger partial charge in [-0.25, -0.2) is 0 Å². The molecule has 1 aliphatic rings. The highest BCUT2D eigenvalue weighted by atomic mass is 16.5. The Morgan fingerprint density at radius 3 is 2.71 bits per heavy atom. The number of nitrogens with one attached hydrogen (secondary N) is 1. The van der Waals surface area contributed by atoms with E-state index in [0.29, 0.717) is 12.4 Å². The van der Waals surface area contributed by atoms with E-state index in [1.807, 2.05) is 13.1 Å². The average molecular weight is 329 g/mol. The van der Waals surface area contributed by atoms with Gasteiger partial charge < -0.3 is 9.84 Å². The Morgan fingerprint density at radius 1 is 1.29 bits per heavy atom. The van der Waals surface area contributed by atoms with E-state index in [1.54, 1.807) is 0 Å². The number of piperidine rings is 1. The lowest BCUT2D eigenvalue weighted by atomic mass is 9.75. The van der Waals surface area contributed by atoms with Crippen LogP contribution in [-0.2, 0) is 18.4 Å². The van der Waals surface area contributed by atoms with Gasteiger partial charge in [0.2, 0.25) is 5.89 Å². The summed E-state index contributed by atoms with van der Waals surface area (Å²) in [7, 11) is 2.12. The Labute approximate surface area is 143 Å². The van der Waals surface area contributed by atoms with Crippen molar-refractivity contribution >= 4 is 0 Å². The van der Waals surface area contributed by atoms with Gasteiger partial charge >= 0.3 is 0 Å². The summed E-state index contributed by atoms with van der Waals surface area (Å²) in [6.45, 7) is 7.82. The molecule has 24 heavy (non-hydrogen) atoms. The zero-order valence-electron chi connectivity index (χ0n) is 14.9. The van der Waals surface area contributed by atoms with Crippen LogP contribution in [0.5, 0.6) is 0 Å². The molecule has 1 aliphatic heterocycles. The van der Waals surface area contributed by atoms with E-state index in [1.165, 1.54) is 11.3 Å². The number of pyridine rings is 1. The second-order valence-corrected chi connectivity index (χ2v) is 6.88. The van der Waals surface area contributed by atoms with Crippen LogP contribution >= 0.6 is 0 Å². The summed E-state index contributed by atoms with van der Waals surface area (Å²) in [5, 5.41) is 7.54. The Hall–Kier alpha value is -1.79. The molecule has 1 saturated heterocycles. The molecule has 6 nitrogen and oxygen atoms in total. The van der Waals surface area contributed by atoms with Gasteiger partial charge in [-0.15, -0.1) is 0 Å². The zero-order chi connectivity index (χ0) is 17.0. The Kier molecular flexibility index (Phi) is 5.26. The fraction of sp³-hybridized carbons (Fsp3) is 0.611. The molecule has 3 heterocycles. The van der Waals surface area contributed by atoms with Crippen LogP contribution in [0.4, 0.5) is 0 Å². The van der Waals surface area contributed by atoms with Crippen LogP contribution in [0.3, 0.4) is 0 Å². The first-order valence-corrected chi connectivity index (χ1v) is 8.75. The predicted octanol–water partition coefficient (Wildman–Crippen LogP) is 2.09. The molecule has 0 radical (unpaired) electrons. The van der Waals surface area contributed by atoms with Gasteiger partial charge in [-0.1, -0.05) is 18.1 Å². The maximum absolute atomic E-state index is 5.22. The van der Waals surface area contributed by atoms with Crippen LogP contribution < -0.4 is 5.32 Å². The highest BCUT2D eigenvalue weighted by Crippen LogP contribution is 2.33. The molecule has 0 atom stereocenters. The first kappa shape index (κ1) is 17.0. The molecule has 0 amide bonds. The van der Waals surface area contributed by atoms with Gasteiger partial charge in [0.1, 0.15) is 0 Å². The van der Waals surface area contributed by atoms with Gasteiger partial charge in [0, 0.05) is 30.3 Å². The van der Waals surface area contributed by atoms with Gasteiger partial charge in [0.15, 0.2) is 5.82 Å². The number of aromatic nitrogens is 3. The van der Waals surface area contributed by atoms with Crippen molar-refractivity contribution in [2.75, 3.05) is 26.7 Å². The number of aryl methyl sites for hydroxylation is 2. The molecule has 1 N–H and O–H groups in total. The van der Waals surface area contributed by atoms with Crippen LogP contribution in [0.2, 0.25) is 0 Å². The quantitative estimate of drug-likeness (QED) is 0.875. The zero-order valence-corrected chi connectivity index (χ0v) is 14.9. The minimum atomic E-state index is 0.0883. The standard InChI is InChI=1S/C18H27N5O/c1-4-17-21-16(22-24-17)12-23(3)13-18(7-9-19-10-8-18)15-6-5-14(2)11-20-15/h5-6,11,19H,4,7-10,12-13H2,1-3H3. The summed E-state index contributed by atoms with van der Waals surface area (Å²) in [5.74, 6) is 1.46. The third kappa shape index (κ3) is 3.82. The molecule has 1 fully saturated rings. The number of hydrogen-bond donors (Lipinski definition) is 1. The van der Waals surface area contributed by atoms with Crippen LogP contribution in [0, 0.1) is 6.92 Å². The van der Waals surface area contributed by atoms with E-state index in [4.69, 9.17) is 9.51 Å². The molecular weight excluding hydrogens is 302 g/mol. The summed E-state index contributed by atoms with van der Waals surface area (Å²) < 4.78 is 5.22. The second-order valence-electron chi connectivity index (χ2n) is 6.88. The third-order valence-electron chi connectivity index (χ3n) is 4.81. The minimum Gasteiger partial charge on any atom is -0.339 e. The topological polar surface area (TPSA) is 67.1 Å². The first-order chi connectivity index (χ1) is 11.6. The van der Waals surface area contributed by atoms with Crippen LogP contribution in [-0.4, -0.2) is 46.7 Å². The van der Waals surface area contributed by atoms with Crippen LogP contribution in [0.25, 0.3) is 0 Å². The molecule has 0 unspecified atom stereocenters. The molecule has 6 heteroatoms. The molecule has 0 aliphatic carbocycles. The number of hydrogen-bond acceptors (Lipinski definition) is 6. The molecule has 2 aromatic heterocycles. The van der Waals surface area contributed by atoms with Crippen molar-refractivity contribution < 1.29 is 4.52 Å². The average Bonchev–Trinajstić information content (AvgIpc) is 3.03. The largest absolute Gasteiger partial charge is 0.339 e.